The van der Waals surface area contributed by atoms with Crippen LogP contribution >= 0.6 is 15.9 Å². The van der Waals surface area contributed by atoms with Gasteiger partial charge in [0.1, 0.15) is 10.4 Å². The van der Waals surface area contributed by atoms with Crippen molar-refractivity contribution in [2.75, 3.05) is 13.7 Å². The Morgan fingerprint density at radius 2 is 1.83 bits per heavy atom. The summed E-state index contributed by atoms with van der Waals surface area (Å²) in [4.78, 5) is 22.9. The van der Waals surface area contributed by atoms with Gasteiger partial charge in [0.25, 0.3) is 0 Å². The lowest BCUT2D eigenvalue weighted by Crippen LogP contribution is -2.48. The first-order valence-electron chi connectivity index (χ1n) is 7.56. The predicted molar refractivity (Wildman–Crippen MR) is 94.0 cm³/mol. The maximum Gasteiger partial charge on any atom is 0.408 e. The fourth-order valence-corrected chi connectivity index (χ4v) is 2.28. The molecule has 24 heavy (non-hydrogen) atoms. The van der Waals surface area contributed by atoms with Gasteiger partial charge in [0.05, 0.1) is 26.4 Å². The summed E-state index contributed by atoms with van der Waals surface area (Å²) in [7, 11) is 1.28. The van der Waals surface area contributed by atoms with Crippen LogP contribution in [0.4, 0.5) is 4.79 Å². The van der Waals surface area contributed by atoms with Gasteiger partial charge in [0.2, 0.25) is 0 Å². The molecule has 0 fully saturated rings. The summed E-state index contributed by atoms with van der Waals surface area (Å²) in [6.45, 7) is 5.78. The van der Waals surface area contributed by atoms with Crippen molar-refractivity contribution in [2.24, 2.45) is 0 Å². The van der Waals surface area contributed by atoms with Crippen molar-refractivity contribution in [3.8, 4) is 0 Å². The molecule has 0 unspecified atom stereocenters. The van der Waals surface area contributed by atoms with Crippen LogP contribution in [0.25, 0.3) is 0 Å². The molecular formula is C17H24BrNO5. The number of halogens is 1. The maximum absolute atomic E-state index is 12.0. The van der Waals surface area contributed by atoms with Gasteiger partial charge in [0.15, 0.2) is 0 Å². The summed E-state index contributed by atoms with van der Waals surface area (Å²) < 4.78 is 15.5. The molecule has 1 aromatic carbocycles. The van der Waals surface area contributed by atoms with E-state index in [0.717, 1.165) is 5.56 Å². The minimum atomic E-state index is -0.745. The summed E-state index contributed by atoms with van der Waals surface area (Å²) in [5, 5.41) is 2.64. The van der Waals surface area contributed by atoms with E-state index in [-0.39, 0.29) is 6.61 Å². The van der Waals surface area contributed by atoms with Crippen molar-refractivity contribution >= 4 is 28.0 Å². The molecule has 1 aromatic rings. The largest absolute Gasteiger partial charge is 0.468 e. The number of carbonyl (C=O) groups is 2. The molecule has 2 atom stereocenters. The number of carbonyl (C=O) groups excluding carboxylic acids is 2. The Bertz CT molecular complexity index is 530. The molecule has 0 radical (unpaired) electrons. The smallest absolute Gasteiger partial charge is 0.408 e. The number of rotatable bonds is 7. The summed E-state index contributed by atoms with van der Waals surface area (Å²) in [6, 6.07) is 8.98. The third-order valence-corrected chi connectivity index (χ3v) is 3.90. The van der Waals surface area contributed by atoms with E-state index in [1.807, 2.05) is 30.3 Å². The standard InChI is InChI=1S/C17H24BrNO5/c1-17(2,3)24-16(21)19-13(14(18)15(20)22-4)11-23-10-12-8-6-5-7-9-12/h5-9,13-14H,10-11H2,1-4H3,(H,19,21)/t13-,14-/m1/s1. The van der Waals surface area contributed by atoms with Gasteiger partial charge in [-0.05, 0) is 26.3 Å². The molecule has 6 nitrogen and oxygen atoms in total. The van der Waals surface area contributed by atoms with Crippen LogP contribution in [-0.2, 0) is 25.6 Å². The van der Waals surface area contributed by atoms with Crippen molar-refractivity contribution in [3.63, 3.8) is 0 Å². The van der Waals surface area contributed by atoms with Crippen molar-refractivity contribution in [3.05, 3.63) is 35.9 Å². The minimum absolute atomic E-state index is 0.124. The number of methoxy groups -OCH3 is 1. The van der Waals surface area contributed by atoms with Gasteiger partial charge in [-0.2, -0.15) is 0 Å². The van der Waals surface area contributed by atoms with Crippen molar-refractivity contribution < 1.29 is 23.8 Å². The van der Waals surface area contributed by atoms with Gasteiger partial charge < -0.3 is 19.5 Å². The van der Waals surface area contributed by atoms with Crippen LogP contribution in [-0.4, -0.2) is 42.2 Å². The van der Waals surface area contributed by atoms with Crippen molar-refractivity contribution in [1.82, 2.24) is 5.32 Å². The predicted octanol–water partition coefficient (Wildman–Crippen LogP) is 3.03. The first kappa shape index (κ1) is 20.4. The lowest BCUT2D eigenvalue weighted by Gasteiger charge is -2.25. The van der Waals surface area contributed by atoms with Crippen molar-refractivity contribution in [1.29, 1.82) is 0 Å². The van der Waals surface area contributed by atoms with Crippen LogP contribution < -0.4 is 5.32 Å². The molecule has 0 saturated heterocycles. The molecule has 0 aliphatic rings. The van der Waals surface area contributed by atoms with Gasteiger partial charge in [-0.15, -0.1) is 0 Å². The van der Waals surface area contributed by atoms with E-state index in [1.165, 1.54) is 7.11 Å². The highest BCUT2D eigenvalue weighted by atomic mass is 79.9. The Balaban J connectivity index is 2.63. The number of ether oxygens (including phenoxy) is 3. The number of hydrogen-bond donors (Lipinski definition) is 1. The average molecular weight is 402 g/mol. The molecule has 1 rings (SSSR count). The third kappa shape index (κ3) is 7.79. The maximum atomic E-state index is 12.0. The Morgan fingerprint density at radius 1 is 1.21 bits per heavy atom. The zero-order valence-electron chi connectivity index (χ0n) is 14.4. The zero-order chi connectivity index (χ0) is 18.2. The minimum Gasteiger partial charge on any atom is -0.468 e. The fraction of sp³-hybridized carbons (Fsp3) is 0.529. The Hall–Kier alpha value is -1.60. The normalized spacial score (nSPS) is 13.7. The fourth-order valence-electron chi connectivity index (χ4n) is 1.81. The molecule has 134 valence electrons. The average Bonchev–Trinajstić information content (AvgIpc) is 2.51. The highest BCUT2D eigenvalue weighted by molar-refractivity contribution is 9.10. The van der Waals surface area contributed by atoms with E-state index in [9.17, 15) is 9.59 Å². The van der Waals surface area contributed by atoms with E-state index in [2.05, 4.69) is 21.2 Å². The van der Waals surface area contributed by atoms with Crippen LogP contribution in [0.5, 0.6) is 0 Å². The Kier molecular flexibility index (Phi) is 8.21. The monoisotopic (exact) mass is 401 g/mol. The molecule has 0 aromatic heterocycles. The first-order valence-corrected chi connectivity index (χ1v) is 8.47. The number of benzene rings is 1. The molecule has 7 heteroatoms. The van der Waals surface area contributed by atoms with E-state index in [4.69, 9.17) is 14.2 Å². The number of esters is 1. The molecule has 0 saturated carbocycles. The van der Waals surface area contributed by atoms with Gasteiger partial charge in [-0.1, -0.05) is 46.3 Å². The summed E-state index contributed by atoms with van der Waals surface area (Å²) in [5.74, 6) is -0.501. The molecule has 1 amide bonds. The highest BCUT2D eigenvalue weighted by Gasteiger charge is 2.30. The quantitative estimate of drug-likeness (QED) is 0.561. The third-order valence-electron chi connectivity index (χ3n) is 2.89. The summed E-state index contributed by atoms with van der Waals surface area (Å²) in [5.41, 5.74) is 0.366. The number of alkyl halides is 1. The summed E-state index contributed by atoms with van der Waals surface area (Å²) in [6.07, 6.45) is -0.621. The molecule has 0 spiro atoms. The molecule has 1 N–H and O–H groups in total. The SMILES string of the molecule is COC(=O)[C@H](Br)[C@@H](COCc1ccccc1)NC(=O)OC(C)(C)C. The molecule has 0 aliphatic heterocycles. The van der Waals surface area contributed by atoms with Gasteiger partial charge in [-0.25, -0.2) is 4.79 Å². The van der Waals surface area contributed by atoms with E-state index in [1.54, 1.807) is 20.8 Å². The Morgan fingerprint density at radius 3 is 2.38 bits per heavy atom. The second-order valence-corrected chi connectivity index (χ2v) is 7.16. The molecular weight excluding hydrogens is 378 g/mol. The van der Waals surface area contributed by atoms with Crippen LogP contribution in [0, 0.1) is 0 Å². The molecule has 0 bridgehead atoms. The van der Waals surface area contributed by atoms with Gasteiger partial charge in [0, 0.05) is 0 Å². The highest BCUT2D eigenvalue weighted by Crippen LogP contribution is 2.12. The number of amides is 1. The lowest BCUT2D eigenvalue weighted by molar-refractivity contribution is -0.140. The van der Waals surface area contributed by atoms with E-state index in [0.29, 0.717) is 6.61 Å². The number of alkyl carbamates (subject to hydrolysis) is 1. The van der Waals surface area contributed by atoms with Crippen LogP contribution in [0.15, 0.2) is 30.3 Å². The van der Waals surface area contributed by atoms with Gasteiger partial charge >= 0.3 is 12.1 Å². The zero-order valence-corrected chi connectivity index (χ0v) is 16.0. The lowest BCUT2D eigenvalue weighted by atomic mass is 10.2. The summed E-state index contributed by atoms with van der Waals surface area (Å²) >= 11 is 3.24. The second-order valence-electron chi connectivity index (χ2n) is 6.18. The van der Waals surface area contributed by atoms with Crippen LogP contribution in [0.2, 0.25) is 0 Å². The number of hydrogen-bond acceptors (Lipinski definition) is 5. The molecule has 0 aliphatic carbocycles. The topological polar surface area (TPSA) is 73.9 Å². The van der Waals surface area contributed by atoms with E-state index < -0.39 is 28.5 Å². The Labute approximate surface area is 151 Å². The van der Waals surface area contributed by atoms with Gasteiger partial charge in [-0.3, -0.25) is 4.79 Å². The first-order chi connectivity index (χ1) is 11.2. The van der Waals surface area contributed by atoms with E-state index >= 15 is 0 Å². The van der Waals surface area contributed by atoms with Crippen LogP contribution in [0.1, 0.15) is 26.3 Å². The van der Waals surface area contributed by atoms with Crippen molar-refractivity contribution in [2.45, 2.75) is 43.8 Å². The number of nitrogens with one attached hydrogen (secondary N) is 1. The molecule has 0 heterocycles. The van der Waals surface area contributed by atoms with Crippen LogP contribution in [0.3, 0.4) is 0 Å². The second kappa shape index (κ2) is 9.64.